The van der Waals surface area contributed by atoms with Crippen LogP contribution in [-0.2, 0) is 9.59 Å². The van der Waals surface area contributed by atoms with Crippen molar-refractivity contribution in [2.45, 2.75) is 13.0 Å². The Morgan fingerprint density at radius 1 is 1.23 bits per heavy atom. The lowest BCUT2D eigenvalue weighted by Gasteiger charge is -2.20. The zero-order valence-corrected chi connectivity index (χ0v) is 13.5. The molecule has 4 N–H and O–H groups in total. The molecule has 2 atom stereocenters. The Bertz CT molecular complexity index is 548. The SMILES string of the molecule is CNC(=O)NC(=O)[C@@H](C)[NH+](C)CC(=O)Nc1ccc(Cl)cc1. The molecule has 1 aromatic rings. The Balaban J connectivity index is 2.50. The van der Waals surface area contributed by atoms with E-state index in [-0.39, 0.29) is 12.5 Å². The summed E-state index contributed by atoms with van der Waals surface area (Å²) in [4.78, 5) is 35.5. The number of hydrogen-bond donors (Lipinski definition) is 4. The standard InChI is InChI=1S/C14H19ClN4O3/c1-9(13(21)18-14(22)16-2)19(3)8-12(20)17-11-6-4-10(15)5-7-11/h4-7,9H,8H2,1-3H3,(H,17,20)(H2,16,18,21,22)/p+1/t9-/m1/s1. The highest BCUT2D eigenvalue weighted by atomic mass is 35.5. The number of amides is 4. The molecule has 0 aromatic heterocycles. The van der Waals surface area contributed by atoms with Gasteiger partial charge < -0.3 is 15.5 Å². The summed E-state index contributed by atoms with van der Waals surface area (Å²) in [6, 6.07) is 5.61. The second kappa shape index (κ2) is 8.35. The summed E-state index contributed by atoms with van der Waals surface area (Å²) < 4.78 is 0. The van der Waals surface area contributed by atoms with Crippen LogP contribution in [0.3, 0.4) is 0 Å². The van der Waals surface area contributed by atoms with E-state index in [0.29, 0.717) is 15.6 Å². The van der Waals surface area contributed by atoms with Crippen LogP contribution in [0.15, 0.2) is 24.3 Å². The van der Waals surface area contributed by atoms with E-state index in [4.69, 9.17) is 11.6 Å². The number of quaternary nitrogens is 1. The Morgan fingerprint density at radius 2 is 1.82 bits per heavy atom. The van der Waals surface area contributed by atoms with Crippen LogP contribution in [0, 0.1) is 0 Å². The van der Waals surface area contributed by atoms with Gasteiger partial charge in [-0.1, -0.05) is 11.6 Å². The van der Waals surface area contributed by atoms with Gasteiger partial charge in [-0.3, -0.25) is 14.9 Å². The van der Waals surface area contributed by atoms with E-state index in [0.717, 1.165) is 0 Å². The van der Waals surface area contributed by atoms with Crippen LogP contribution in [0.25, 0.3) is 0 Å². The van der Waals surface area contributed by atoms with Gasteiger partial charge in [-0.15, -0.1) is 0 Å². The highest BCUT2D eigenvalue weighted by molar-refractivity contribution is 6.30. The fourth-order valence-corrected chi connectivity index (χ4v) is 1.78. The third kappa shape index (κ3) is 5.71. The van der Waals surface area contributed by atoms with E-state index in [9.17, 15) is 14.4 Å². The fraction of sp³-hybridized carbons (Fsp3) is 0.357. The zero-order chi connectivity index (χ0) is 16.7. The van der Waals surface area contributed by atoms with Crippen LogP contribution in [0.4, 0.5) is 10.5 Å². The van der Waals surface area contributed by atoms with Crippen LogP contribution in [0.2, 0.25) is 5.02 Å². The first kappa shape index (κ1) is 17.9. The van der Waals surface area contributed by atoms with E-state index in [1.165, 1.54) is 7.05 Å². The molecule has 0 aliphatic carbocycles. The third-order valence-electron chi connectivity index (χ3n) is 3.16. The third-order valence-corrected chi connectivity index (χ3v) is 3.42. The molecule has 120 valence electrons. The van der Waals surface area contributed by atoms with Gasteiger partial charge in [0.05, 0.1) is 7.05 Å². The maximum absolute atomic E-state index is 11.9. The molecule has 0 saturated carbocycles. The van der Waals surface area contributed by atoms with E-state index in [2.05, 4.69) is 16.0 Å². The van der Waals surface area contributed by atoms with Gasteiger partial charge in [-0.05, 0) is 31.2 Å². The average molecular weight is 328 g/mol. The van der Waals surface area contributed by atoms with Crippen molar-refractivity contribution >= 4 is 35.1 Å². The lowest BCUT2D eigenvalue weighted by Crippen LogP contribution is -3.15. The van der Waals surface area contributed by atoms with Gasteiger partial charge in [0.15, 0.2) is 12.6 Å². The lowest BCUT2D eigenvalue weighted by molar-refractivity contribution is -0.885. The van der Waals surface area contributed by atoms with Crippen molar-refractivity contribution in [2.75, 3.05) is 26.0 Å². The molecule has 0 bridgehead atoms. The number of urea groups is 1. The summed E-state index contributed by atoms with van der Waals surface area (Å²) in [5.74, 6) is -0.685. The highest BCUT2D eigenvalue weighted by Gasteiger charge is 2.25. The van der Waals surface area contributed by atoms with Gasteiger partial charge in [-0.25, -0.2) is 4.79 Å². The number of rotatable bonds is 5. The minimum atomic E-state index is -0.574. The first-order valence-electron chi connectivity index (χ1n) is 6.73. The van der Waals surface area contributed by atoms with Crippen molar-refractivity contribution in [1.82, 2.24) is 10.6 Å². The van der Waals surface area contributed by atoms with Crippen molar-refractivity contribution in [2.24, 2.45) is 0 Å². The maximum Gasteiger partial charge on any atom is 0.321 e. The van der Waals surface area contributed by atoms with Crippen LogP contribution < -0.4 is 20.9 Å². The first-order chi connectivity index (χ1) is 10.3. The Kier molecular flexibility index (Phi) is 6.81. The van der Waals surface area contributed by atoms with E-state index in [1.54, 1.807) is 38.2 Å². The quantitative estimate of drug-likeness (QED) is 0.595. The molecule has 0 fully saturated rings. The molecule has 0 heterocycles. The summed E-state index contributed by atoms with van der Waals surface area (Å²) in [5.41, 5.74) is 0.629. The smallest absolute Gasteiger partial charge is 0.321 e. The molecule has 22 heavy (non-hydrogen) atoms. The molecule has 1 rings (SSSR count). The molecule has 0 aliphatic rings. The van der Waals surface area contributed by atoms with Gasteiger partial charge in [0, 0.05) is 17.8 Å². The largest absolute Gasteiger partial charge is 0.341 e. The first-order valence-corrected chi connectivity index (χ1v) is 7.11. The van der Waals surface area contributed by atoms with Crippen molar-refractivity contribution < 1.29 is 19.3 Å². The molecule has 0 spiro atoms. The monoisotopic (exact) mass is 327 g/mol. The molecular weight excluding hydrogens is 308 g/mol. The van der Waals surface area contributed by atoms with E-state index < -0.39 is 18.0 Å². The second-order valence-corrected chi connectivity index (χ2v) is 5.30. The topological polar surface area (TPSA) is 91.7 Å². The van der Waals surface area contributed by atoms with Crippen molar-refractivity contribution in [3.05, 3.63) is 29.3 Å². The molecule has 4 amide bonds. The predicted octanol–water partition coefficient (Wildman–Crippen LogP) is -0.363. The summed E-state index contributed by atoms with van der Waals surface area (Å²) in [6.07, 6.45) is 0. The Labute approximate surface area is 134 Å². The maximum atomic E-state index is 11.9. The normalized spacial score (nSPS) is 12.9. The van der Waals surface area contributed by atoms with Crippen LogP contribution in [-0.4, -0.2) is 44.5 Å². The average Bonchev–Trinajstić information content (AvgIpc) is 2.48. The number of carbonyl (C=O) groups is 3. The number of halogens is 1. The predicted molar refractivity (Wildman–Crippen MR) is 83.9 cm³/mol. The number of likely N-dealkylation sites (N-methyl/N-ethyl adjacent to an activating group) is 1. The molecular formula is C14H20ClN4O3+. The molecule has 1 aromatic carbocycles. The Hall–Kier alpha value is -2.12. The van der Waals surface area contributed by atoms with Gasteiger partial charge in [-0.2, -0.15) is 0 Å². The summed E-state index contributed by atoms with van der Waals surface area (Å²) >= 11 is 5.77. The van der Waals surface area contributed by atoms with E-state index in [1.807, 2.05) is 0 Å². The minimum Gasteiger partial charge on any atom is -0.341 e. The van der Waals surface area contributed by atoms with E-state index >= 15 is 0 Å². The fourth-order valence-electron chi connectivity index (χ4n) is 1.65. The van der Waals surface area contributed by atoms with Gasteiger partial charge in [0.1, 0.15) is 0 Å². The molecule has 8 heteroatoms. The number of benzene rings is 1. The van der Waals surface area contributed by atoms with Crippen LogP contribution in [0.5, 0.6) is 0 Å². The molecule has 0 aliphatic heterocycles. The number of hydrogen-bond acceptors (Lipinski definition) is 3. The molecule has 7 nitrogen and oxygen atoms in total. The summed E-state index contributed by atoms with van der Waals surface area (Å²) in [7, 11) is 3.12. The van der Waals surface area contributed by atoms with Gasteiger partial charge >= 0.3 is 6.03 Å². The summed E-state index contributed by atoms with van der Waals surface area (Å²) in [6.45, 7) is 1.73. The summed E-state index contributed by atoms with van der Waals surface area (Å²) in [5, 5.41) is 7.78. The number of carbonyl (C=O) groups excluding carboxylic acids is 3. The minimum absolute atomic E-state index is 0.0883. The zero-order valence-electron chi connectivity index (χ0n) is 12.7. The second-order valence-electron chi connectivity index (χ2n) is 4.87. The Morgan fingerprint density at radius 3 is 2.36 bits per heavy atom. The number of imide groups is 1. The van der Waals surface area contributed by atoms with Crippen molar-refractivity contribution in [3.63, 3.8) is 0 Å². The molecule has 1 unspecified atom stereocenters. The van der Waals surface area contributed by atoms with Crippen molar-refractivity contribution in [3.8, 4) is 0 Å². The highest BCUT2D eigenvalue weighted by Crippen LogP contribution is 2.12. The van der Waals surface area contributed by atoms with Crippen LogP contribution in [0.1, 0.15) is 6.92 Å². The number of nitrogens with one attached hydrogen (secondary N) is 4. The van der Waals surface area contributed by atoms with Gasteiger partial charge in [0.25, 0.3) is 11.8 Å². The van der Waals surface area contributed by atoms with Gasteiger partial charge in [0.2, 0.25) is 0 Å². The number of anilines is 1. The molecule has 0 saturated heterocycles. The van der Waals surface area contributed by atoms with Crippen LogP contribution >= 0.6 is 11.6 Å². The lowest BCUT2D eigenvalue weighted by atomic mass is 10.2. The molecule has 0 radical (unpaired) electrons. The van der Waals surface area contributed by atoms with Crippen molar-refractivity contribution in [1.29, 1.82) is 0 Å².